The Kier molecular flexibility index (Phi) is 2.36. The van der Waals surface area contributed by atoms with E-state index in [9.17, 15) is 4.79 Å². The Labute approximate surface area is 92.1 Å². The molecule has 0 amide bonds. The van der Waals surface area contributed by atoms with E-state index in [1.165, 1.54) is 19.3 Å². The third-order valence-corrected chi connectivity index (χ3v) is 5.68. The van der Waals surface area contributed by atoms with Gasteiger partial charge in [0.05, 0.1) is 0 Å². The standard InChI is InChI=1S/C13H22O2/c1-12(2)9-6-7-13(12,3)10(8-9)4-5-11(14)15/h9-10H,4-8H2,1-3H3,(H,14,15). The lowest BCUT2D eigenvalue weighted by molar-refractivity contribution is -0.137. The summed E-state index contributed by atoms with van der Waals surface area (Å²) in [5.74, 6) is 0.836. The van der Waals surface area contributed by atoms with Crippen LogP contribution in [-0.2, 0) is 4.79 Å². The van der Waals surface area contributed by atoms with E-state index < -0.39 is 5.97 Å². The lowest BCUT2D eigenvalue weighted by Gasteiger charge is -2.39. The van der Waals surface area contributed by atoms with Gasteiger partial charge in [0.15, 0.2) is 0 Å². The number of rotatable bonds is 3. The summed E-state index contributed by atoms with van der Waals surface area (Å²) in [6.45, 7) is 7.14. The molecule has 2 saturated carbocycles. The van der Waals surface area contributed by atoms with Gasteiger partial charge in [-0.2, -0.15) is 0 Å². The average Bonchev–Trinajstić information content (AvgIpc) is 2.46. The van der Waals surface area contributed by atoms with Gasteiger partial charge in [-0.3, -0.25) is 4.79 Å². The van der Waals surface area contributed by atoms with Crippen LogP contribution < -0.4 is 0 Å². The van der Waals surface area contributed by atoms with Crippen molar-refractivity contribution in [3.63, 3.8) is 0 Å². The largest absolute Gasteiger partial charge is 0.481 e. The molecule has 0 spiro atoms. The highest BCUT2D eigenvalue weighted by molar-refractivity contribution is 5.66. The van der Waals surface area contributed by atoms with Crippen molar-refractivity contribution in [2.45, 2.75) is 52.9 Å². The van der Waals surface area contributed by atoms with Gasteiger partial charge >= 0.3 is 5.97 Å². The maximum absolute atomic E-state index is 10.6. The van der Waals surface area contributed by atoms with Gasteiger partial charge < -0.3 is 5.11 Å². The molecule has 0 aromatic carbocycles. The number of carboxylic acid groups (broad SMARTS) is 1. The molecule has 3 atom stereocenters. The van der Waals surface area contributed by atoms with Crippen LogP contribution in [0.1, 0.15) is 52.9 Å². The van der Waals surface area contributed by atoms with Crippen molar-refractivity contribution in [3.8, 4) is 0 Å². The quantitative estimate of drug-likeness (QED) is 0.776. The summed E-state index contributed by atoms with van der Waals surface area (Å²) < 4.78 is 0. The van der Waals surface area contributed by atoms with Gasteiger partial charge in [-0.25, -0.2) is 0 Å². The average molecular weight is 210 g/mol. The van der Waals surface area contributed by atoms with Gasteiger partial charge in [0.1, 0.15) is 0 Å². The molecule has 0 saturated heterocycles. The molecule has 2 nitrogen and oxygen atoms in total. The number of fused-ring (bicyclic) bond motifs is 2. The van der Waals surface area contributed by atoms with Gasteiger partial charge in [0, 0.05) is 6.42 Å². The number of hydrogen-bond donors (Lipinski definition) is 1. The van der Waals surface area contributed by atoms with E-state index in [4.69, 9.17) is 5.11 Å². The van der Waals surface area contributed by atoms with E-state index in [1.807, 2.05) is 0 Å². The maximum Gasteiger partial charge on any atom is 0.303 e. The Morgan fingerprint density at radius 2 is 2.07 bits per heavy atom. The Balaban J connectivity index is 2.09. The molecular weight excluding hydrogens is 188 g/mol. The van der Waals surface area contributed by atoms with Gasteiger partial charge in [-0.15, -0.1) is 0 Å². The van der Waals surface area contributed by atoms with Gasteiger partial charge in [0.25, 0.3) is 0 Å². The SMILES string of the molecule is CC1(C)C2CCC1(C)C(CCC(=O)O)C2. The first kappa shape index (κ1) is 11.0. The molecule has 86 valence electrons. The summed E-state index contributed by atoms with van der Waals surface area (Å²) in [4.78, 5) is 10.6. The molecule has 2 heteroatoms. The first-order valence-electron chi connectivity index (χ1n) is 6.10. The van der Waals surface area contributed by atoms with E-state index in [0.717, 1.165) is 12.3 Å². The van der Waals surface area contributed by atoms with Crippen molar-refractivity contribution < 1.29 is 9.90 Å². The molecule has 3 unspecified atom stereocenters. The van der Waals surface area contributed by atoms with E-state index >= 15 is 0 Å². The van der Waals surface area contributed by atoms with E-state index in [2.05, 4.69) is 20.8 Å². The van der Waals surface area contributed by atoms with Crippen molar-refractivity contribution in [2.75, 3.05) is 0 Å². The Bertz CT molecular complexity index is 282. The molecule has 2 aliphatic rings. The second-order valence-electron chi connectivity index (χ2n) is 6.24. The molecule has 2 fully saturated rings. The summed E-state index contributed by atoms with van der Waals surface area (Å²) >= 11 is 0. The summed E-state index contributed by atoms with van der Waals surface area (Å²) in [7, 11) is 0. The highest BCUT2D eigenvalue weighted by Gasteiger charge is 2.60. The molecule has 0 aromatic heterocycles. The predicted molar refractivity (Wildman–Crippen MR) is 59.6 cm³/mol. The van der Waals surface area contributed by atoms with E-state index in [1.54, 1.807) is 0 Å². The Hall–Kier alpha value is -0.530. The molecule has 0 heterocycles. The fourth-order valence-corrected chi connectivity index (χ4v) is 4.10. The topological polar surface area (TPSA) is 37.3 Å². The zero-order valence-electron chi connectivity index (χ0n) is 10.0. The zero-order valence-corrected chi connectivity index (χ0v) is 10.0. The molecule has 0 aromatic rings. The predicted octanol–water partition coefficient (Wildman–Crippen LogP) is 3.31. The van der Waals surface area contributed by atoms with Crippen LogP contribution in [0.3, 0.4) is 0 Å². The van der Waals surface area contributed by atoms with Crippen LogP contribution in [0.5, 0.6) is 0 Å². The van der Waals surface area contributed by atoms with Gasteiger partial charge in [-0.05, 0) is 48.3 Å². The van der Waals surface area contributed by atoms with Crippen LogP contribution in [0.4, 0.5) is 0 Å². The first-order valence-corrected chi connectivity index (χ1v) is 6.10. The van der Waals surface area contributed by atoms with E-state index in [-0.39, 0.29) is 0 Å². The highest BCUT2D eigenvalue weighted by atomic mass is 16.4. The third-order valence-electron chi connectivity index (χ3n) is 5.68. The van der Waals surface area contributed by atoms with Crippen LogP contribution in [0.25, 0.3) is 0 Å². The number of aliphatic carboxylic acids is 1. The monoisotopic (exact) mass is 210 g/mol. The summed E-state index contributed by atoms with van der Waals surface area (Å²) in [5.41, 5.74) is 0.823. The number of carbonyl (C=O) groups is 1. The highest BCUT2D eigenvalue weighted by Crippen LogP contribution is 2.68. The fraction of sp³-hybridized carbons (Fsp3) is 0.923. The summed E-state index contributed by atoms with van der Waals surface area (Å²) in [5, 5.41) is 8.76. The van der Waals surface area contributed by atoms with Crippen LogP contribution in [0.15, 0.2) is 0 Å². The second kappa shape index (κ2) is 3.23. The van der Waals surface area contributed by atoms with Crippen LogP contribution in [0.2, 0.25) is 0 Å². The minimum Gasteiger partial charge on any atom is -0.481 e. The molecular formula is C13H22O2. The van der Waals surface area contributed by atoms with Crippen LogP contribution in [0, 0.1) is 22.7 Å². The number of carboxylic acids is 1. The van der Waals surface area contributed by atoms with Crippen molar-refractivity contribution in [2.24, 2.45) is 22.7 Å². The molecule has 15 heavy (non-hydrogen) atoms. The maximum atomic E-state index is 10.6. The molecule has 0 aliphatic heterocycles. The molecule has 1 N–H and O–H groups in total. The lowest BCUT2D eigenvalue weighted by atomic mass is 9.66. The smallest absolute Gasteiger partial charge is 0.303 e. The number of hydrogen-bond acceptors (Lipinski definition) is 1. The molecule has 2 aliphatic carbocycles. The fourth-order valence-electron chi connectivity index (χ4n) is 4.10. The third kappa shape index (κ3) is 1.41. The van der Waals surface area contributed by atoms with Crippen LogP contribution >= 0.6 is 0 Å². The summed E-state index contributed by atoms with van der Waals surface area (Å²) in [6.07, 6.45) is 5.15. The minimum atomic E-state index is -0.640. The minimum absolute atomic E-state index is 0.350. The lowest BCUT2D eigenvalue weighted by Crippen LogP contribution is -2.32. The van der Waals surface area contributed by atoms with Crippen LogP contribution in [-0.4, -0.2) is 11.1 Å². The Morgan fingerprint density at radius 1 is 1.40 bits per heavy atom. The zero-order chi connectivity index (χ0) is 11.3. The van der Waals surface area contributed by atoms with E-state index in [0.29, 0.717) is 23.2 Å². The summed E-state index contributed by atoms with van der Waals surface area (Å²) in [6, 6.07) is 0. The second-order valence-corrected chi connectivity index (χ2v) is 6.24. The normalized spacial score (nSPS) is 42.1. The van der Waals surface area contributed by atoms with Crippen molar-refractivity contribution >= 4 is 5.97 Å². The molecule has 2 rings (SSSR count). The Morgan fingerprint density at radius 3 is 2.47 bits per heavy atom. The molecule has 0 radical (unpaired) electrons. The van der Waals surface area contributed by atoms with Crippen molar-refractivity contribution in [1.82, 2.24) is 0 Å². The van der Waals surface area contributed by atoms with Gasteiger partial charge in [0.2, 0.25) is 0 Å². The first-order chi connectivity index (χ1) is 6.88. The van der Waals surface area contributed by atoms with Gasteiger partial charge in [-0.1, -0.05) is 20.8 Å². The van der Waals surface area contributed by atoms with Crippen molar-refractivity contribution in [3.05, 3.63) is 0 Å². The van der Waals surface area contributed by atoms with Crippen molar-refractivity contribution in [1.29, 1.82) is 0 Å². The molecule has 2 bridgehead atoms.